The van der Waals surface area contributed by atoms with E-state index >= 15 is 0 Å². The maximum atomic E-state index is 6.18. The van der Waals surface area contributed by atoms with Crippen molar-refractivity contribution in [2.24, 2.45) is 0 Å². The average Bonchev–Trinajstić information content (AvgIpc) is 2.28. The molecule has 3 heteroatoms. The number of hydrogen-bond acceptors (Lipinski definition) is 2. The van der Waals surface area contributed by atoms with Gasteiger partial charge in [0.2, 0.25) is 0 Å². The highest BCUT2D eigenvalue weighted by Crippen LogP contribution is 2.25. The molecule has 0 saturated heterocycles. The smallest absolute Gasteiger partial charge is 0.137 e. The van der Waals surface area contributed by atoms with Crippen LogP contribution in [0.4, 0.5) is 0 Å². The third-order valence-electron chi connectivity index (χ3n) is 2.50. The average molecular weight is 268 g/mol. The Labute approximate surface area is 115 Å². The van der Waals surface area contributed by atoms with Crippen LogP contribution >= 0.6 is 11.6 Å². The lowest BCUT2D eigenvalue weighted by Crippen LogP contribution is -2.21. The zero-order valence-electron chi connectivity index (χ0n) is 11.4. The monoisotopic (exact) mass is 267 g/mol. The molecule has 0 spiro atoms. The van der Waals surface area contributed by atoms with Crippen molar-refractivity contribution >= 4 is 11.6 Å². The fraction of sp³-hybridized carbons (Fsp3) is 0.467. The number of halogens is 1. The normalized spacial score (nSPS) is 10.7. The minimum atomic E-state index is 0.468. The fourth-order valence-corrected chi connectivity index (χ4v) is 1.69. The Kier molecular flexibility index (Phi) is 6.23. The lowest BCUT2D eigenvalue weighted by atomic mass is 10.2. The van der Waals surface area contributed by atoms with Gasteiger partial charge in [-0.25, -0.2) is 0 Å². The summed E-state index contributed by atoms with van der Waals surface area (Å²) in [5.74, 6) is 0.742. The van der Waals surface area contributed by atoms with Gasteiger partial charge in [-0.2, -0.15) is 0 Å². The third-order valence-corrected chi connectivity index (χ3v) is 2.79. The van der Waals surface area contributed by atoms with Crippen molar-refractivity contribution in [2.45, 2.75) is 39.8 Å². The quantitative estimate of drug-likeness (QED) is 0.748. The summed E-state index contributed by atoms with van der Waals surface area (Å²) in [7, 11) is 0. The molecule has 1 aromatic rings. The van der Waals surface area contributed by atoms with E-state index in [4.69, 9.17) is 16.3 Å². The zero-order chi connectivity index (χ0) is 13.5. The lowest BCUT2D eigenvalue weighted by molar-refractivity contribution is 0.322. The largest absolute Gasteiger partial charge is 0.492 e. The SMILES string of the molecule is C=C(C)CCOc1ccc(CNC(C)C)cc1Cl. The molecular formula is C15H22ClNO. The van der Waals surface area contributed by atoms with Crippen LogP contribution in [0.3, 0.4) is 0 Å². The molecule has 1 aromatic carbocycles. The molecular weight excluding hydrogens is 246 g/mol. The zero-order valence-corrected chi connectivity index (χ0v) is 12.2. The second-order valence-electron chi connectivity index (χ2n) is 4.86. The number of benzene rings is 1. The van der Waals surface area contributed by atoms with Crippen molar-refractivity contribution < 1.29 is 4.74 Å². The van der Waals surface area contributed by atoms with Gasteiger partial charge >= 0.3 is 0 Å². The number of ether oxygens (including phenoxy) is 1. The van der Waals surface area contributed by atoms with Gasteiger partial charge in [-0.15, -0.1) is 6.58 Å². The maximum absolute atomic E-state index is 6.18. The van der Waals surface area contributed by atoms with Crippen LogP contribution in [-0.4, -0.2) is 12.6 Å². The van der Waals surface area contributed by atoms with E-state index in [1.807, 2.05) is 25.1 Å². The summed E-state index contributed by atoms with van der Waals surface area (Å²) in [4.78, 5) is 0. The van der Waals surface area contributed by atoms with Gasteiger partial charge in [-0.3, -0.25) is 0 Å². The van der Waals surface area contributed by atoms with E-state index in [0.717, 1.165) is 24.3 Å². The highest BCUT2D eigenvalue weighted by molar-refractivity contribution is 6.32. The Hall–Kier alpha value is -0.990. The standard InChI is InChI=1S/C15H22ClNO/c1-11(2)7-8-18-15-6-5-13(9-14(15)16)10-17-12(3)4/h5-6,9,12,17H,1,7-8,10H2,2-4H3. The Morgan fingerprint density at radius 1 is 1.44 bits per heavy atom. The topological polar surface area (TPSA) is 21.3 Å². The molecule has 0 heterocycles. The van der Waals surface area contributed by atoms with Crippen LogP contribution in [-0.2, 0) is 6.54 Å². The second kappa shape index (κ2) is 7.45. The molecule has 1 N–H and O–H groups in total. The molecule has 0 unspecified atom stereocenters. The van der Waals surface area contributed by atoms with E-state index in [1.54, 1.807) is 0 Å². The van der Waals surface area contributed by atoms with Crippen molar-refractivity contribution in [3.8, 4) is 5.75 Å². The van der Waals surface area contributed by atoms with Crippen molar-refractivity contribution in [2.75, 3.05) is 6.61 Å². The highest BCUT2D eigenvalue weighted by Gasteiger charge is 2.03. The van der Waals surface area contributed by atoms with Crippen molar-refractivity contribution in [1.29, 1.82) is 0 Å². The van der Waals surface area contributed by atoms with E-state index in [2.05, 4.69) is 25.7 Å². The molecule has 0 amide bonds. The molecule has 0 aliphatic carbocycles. The first kappa shape index (κ1) is 15.1. The minimum Gasteiger partial charge on any atom is -0.492 e. The molecule has 0 fully saturated rings. The van der Waals surface area contributed by atoms with Crippen LogP contribution in [0.5, 0.6) is 5.75 Å². The Balaban J connectivity index is 2.53. The van der Waals surface area contributed by atoms with Crippen LogP contribution in [0.15, 0.2) is 30.4 Å². The first-order valence-electron chi connectivity index (χ1n) is 6.28. The molecule has 18 heavy (non-hydrogen) atoms. The minimum absolute atomic E-state index is 0.468. The van der Waals surface area contributed by atoms with Crippen molar-refractivity contribution in [3.05, 3.63) is 40.9 Å². The predicted molar refractivity (Wildman–Crippen MR) is 78.4 cm³/mol. The van der Waals surface area contributed by atoms with E-state index in [1.165, 1.54) is 5.56 Å². The maximum Gasteiger partial charge on any atom is 0.137 e. The van der Waals surface area contributed by atoms with Crippen LogP contribution in [0.25, 0.3) is 0 Å². The summed E-state index contributed by atoms with van der Waals surface area (Å²) in [5, 5.41) is 4.02. The summed E-state index contributed by atoms with van der Waals surface area (Å²) in [6, 6.07) is 6.39. The van der Waals surface area contributed by atoms with E-state index in [-0.39, 0.29) is 0 Å². The van der Waals surface area contributed by atoms with Gasteiger partial charge in [-0.1, -0.05) is 37.1 Å². The molecule has 100 valence electrons. The molecule has 0 aromatic heterocycles. The molecule has 0 aliphatic rings. The van der Waals surface area contributed by atoms with Crippen molar-refractivity contribution in [3.63, 3.8) is 0 Å². The summed E-state index contributed by atoms with van der Waals surface area (Å²) < 4.78 is 5.62. The summed E-state index contributed by atoms with van der Waals surface area (Å²) >= 11 is 6.18. The first-order valence-corrected chi connectivity index (χ1v) is 6.66. The highest BCUT2D eigenvalue weighted by atomic mass is 35.5. The van der Waals surface area contributed by atoms with Gasteiger partial charge < -0.3 is 10.1 Å². The van der Waals surface area contributed by atoms with Crippen LogP contribution < -0.4 is 10.1 Å². The fourth-order valence-electron chi connectivity index (χ4n) is 1.43. The molecule has 0 aliphatic heterocycles. The first-order chi connectivity index (χ1) is 8.49. The van der Waals surface area contributed by atoms with Crippen LogP contribution in [0.1, 0.15) is 32.8 Å². The molecule has 1 rings (SSSR count). The van der Waals surface area contributed by atoms with E-state index in [0.29, 0.717) is 17.7 Å². The summed E-state index contributed by atoms with van der Waals surface area (Å²) in [5.41, 5.74) is 2.28. The Morgan fingerprint density at radius 3 is 2.72 bits per heavy atom. The molecule has 0 atom stereocenters. The van der Waals surface area contributed by atoms with Gasteiger partial charge in [0, 0.05) is 19.0 Å². The number of hydrogen-bond donors (Lipinski definition) is 1. The van der Waals surface area contributed by atoms with Gasteiger partial charge in [-0.05, 0) is 24.6 Å². The second-order valence-corrected chi connectivity index (χ2v) is 5.26. The van der Waals surface area contributed by atoms with Gasteiger partial charge in [0.05, 0.1) is 11.6 Å². The summed E-state index contributed by atoms with van der Waals surface area (Å²) in [6.07, 6.45) is 0.854. The molecule has 0 bridgehead atoms. The van der Waals surface area contributed by atoms with Gasteiger partial charge in [0.1, 0.15) is 5.75 Å². The Morgan fingerprint density at radius 2 is 2.17 bits per heavy atom. The van der Waals surface area contributed by atoms with Gasteiger partial charge in [0.25, 0.3) is 0 Å². The molecule has 0 saturated carbocycles. The number of rotatable bonds is 7. The molecule has 2 nitrogen and oxygen atoms in total. The van der Waals surface area contributed by atoms with Crippen LogP contribution in [0.2, 0.25) is 5.02 Å². The number of nitrogens with one attached hydrogen (secondary N) is 1. The summed E-state index contributed by atoms with van der Waals surface area (Å²) in [6.45, 7) is 11.5. The Bertz CT molecular complexity index is 401. The van der Waals surface area contributed by atoms with E-state index < -0.39 is 0 Å². The van der Waals surface area contributed by atoms with E-state index in [9.17, 15) is 0 Å². The molecule has 0 radical (unpaired) electrons. The lowest BCUT2D eigenvalue weighted by Gasteiger charge is -2.11. The van der Waals surface area contributed by atoms with Crippen molar-refractivity contribution in [1.82, 2.24) is 5.32 Å². The van der Waals surface area contributed by atoms with Gasteiger partial charge in [0.15, 0.2) is 0 Å². The van der Waals surface area contributed by atoms with Crippen LogP contribution in [0, 0.1) is 0 Å². The third kappa shape index (κ3) is 5.56. The predicted octanol–water partition coefficient (Wildman–Crippen LogP) is 4.18.